The van der Waals surface area contributed by atoms with Gasteiger partial charge in [-0.25, -0.2) is 9.67 Å². The molecule has 1 aromatic heterocycles. The first kappa shape index (κ1) is 16.7. The summed E-state index contributed by atoms with van der Waals surface area (Å²) < 4.78 is 3.47. The van der Waals surface area contributed by atoms with Gasteiger partial charge in [0.25, 0.3) is 5.56 Å². The number of para-hydroxylation sites is 1. The zero-order valence-corrected chi connectivity index (χ0v) is 14.7. The van der Waals surface area contributed by atoms with Crippen LogP contribution in [0.2, 0.25) is 0 Å². The van der Waals surface area contributed by atoms with E-state index in [4.69, 9.17) is 0 Å². The van der Waals surface area contributed by atoms with Gasteiger partial charge in [0.05, 0.1) is 11.4 Å². The fourth-order valence-corrected chi connectivity index (χ4v) is 2.72. The number of rotatable bonds is 4. The summed E-state index contributed by atoms with van der Waals surface area (Å²) in [6, 6.07) is 19.6. The number of aromatic nitrogens is 2. The minimum Gasteiger partial charge on any atom is -0.283 e. The standard InChI is InChI=1S/C21H21N3O/c1-16(14-18-10-6-4-7-11-18)15-22-20-17(2)23(3)24(21(20)25)19-12-8-5-9-13-19/h4-15H,1-3H3/b16-14+,22-15?. The average molecular weight is 331 g/mol. The molecule has 3 aromatic rings. The van der Waals surface area contributed by atoms with Gasteiger partial charge in [0.15, 0.2) is 5.69 Å². The molecule has 0 bridgehead atoms. The van der Waals surface area contributed by atoms with E-state index in [0.717, 1.165) is 22.5 Å². The lowest BCUT2D eigenvalue weighted by Crippen LogP contribution is -2.19. The van der Waals surface area contributed by atoms with Crippen LogP contribution in [0.1, 0.15) is 18.2 Å². The van der Waals surface area contributed by atoms with Gasteiger partial charge in [-0.1, -0.05) is 54.6 Å². The third-order valence-corrected chi connectivity index (χ3v) is 4.12. The van der Waals surface area contributed by atoms with Crippen molar-refractivity contribution in [2.24, 2.45) is 12.0 Å². The van der Waals surface area contributed by atoms with E-state index in [1.165, 1.54) is 0 Å². The molecule has 1 heterocycles. The van der Waals surface area contributed by atoms with Crippen molar-refractivity contribution in [2.75, 3.05) is 0 Å². The third-order valence-electron chi connectivity index (χ3n) is 4.12. The second-order valence-corrected chi connectivity index (χ2v) is 5.97. The van der Waals surface area contributed by atoms with Crippen molar-refractivity contribution >= 4 is 18.0 Å². The zero-order valence-electron chi connectivity index (χ0n) is 14.7. The van der Waals surface area contributed by atoms with E-state index in [-0.39, 0.29) is 5.56 Å². The zero-order chi connectivity index (χ0) is 17.8. The number of aliphatic imine (C=N–C) groups is 1. The topological polar surface area (TPSA) is 39.3 Å². The van der Waals surface area contributed by atoms with Crippen LogP contribution >= 0.6 is 0 Å². The smallest absolute Gasteiger partial charge is 0.283 e. The number of hydrogen-bond donors (Lipinski definition) is 0. The van der Waals surface area contributed by atoms with Crippen LogP contribution in [-0.2, 0) is 7.05 Å². The first-order chi connectivity index (χ1) is 12.1. The maximum atomic E-state index is 12.8. The molecule has 25 heavy (non-hydrogen) atoms. The Morgan fingerprint density at radius 2 is 1.60 bits per heavy atom. The van der Waals surface area contributed by atoms with Gasteiger partial charge in [-0.05, 0) is 37.1 Å². The molecule has 2 aromatic carbocycles. The van der Waals surface area contributed by atoms with Crippen molar-refractivity contribution in [1.29, 1.82) is 0 Å². The lowest BCUT2D eigenvalue weighted by molar-refractivity contribution is 0.630. The van der Waals surface area contributed by atoms with Crippen LogP contribution in [0.4, 0.5) is 5.69 Å². The molecule has 0 aliphatic carbocycles. The molecule has 0 atom stereocenters. The predicted molar refractivity (Wildman–Crippen MR) is 104 cm³/mol. The monoisotopic (exact) mass is 331 g/mol. The molecule has 3 rings (SSSR count). The van der Waals surface area contributed by atoms with Crippen LogP contribution in [0.15, 0.2) is 76.0 Å². The Labute approximate surface area is 147 Å². The van der Waals surface area contributed by atoms with Crippen LogP contribution in [-0.4, -0.2) is 15.6 Å². The molecular weight excluding hydrogens is 310 g/mol. The summed E-state index contributed by atoms with van der Waals surface area (Å²) >= 11 is 0. The van der Waals surface area contributed by atoms with Gasteiger partial charge in [-0.3, -0.25) is 9.48 Å². The summed E-state index contributed by atoms with van der Waals surface area (Å²) in [5.41, 5.74) is 4.11. The van der Waals surface area contributed by atoms with Crippen molar-refractivity contribution in [1.82, 2.24) is 9.36 Å². The van der Waals surface area contributed by atoms with E-state index >= 15 is 0 Å². The summed E-state index contributed by atoms with van der Waals surface area (Å²) in [5, 5.41) is 0. The van der Waals surface area contributed by atoms with Crippen LogP contribution in [0, 0.1) is 6.92 Å². The highest BCUT2D eigenvalue weighted by Crippen LogP contribution is 2.16. The summed E-state index contributed by atoms with van der Waals surface area (Å²) in [6.45, 7) is 3.88. The number of benzene rings is 2. The lowest BCUT2D eigenvalue weighted by atomic mass is 10.1. The molecule has 0 spiro atoms. The molecule has 0 fully saturated rings. The molecular formula is C21H21N3O. The van der Waals surface area contributed by atoms with Gasteiger partial charge in [-0.2, -0.15) is 0 Å². The molecule has 0 N–H and O–H groups in total. The van der Waals surface area contributed by atoms with E-state index in [9.17, 15) is 4.79 Å². The highest BCUT2D eigenvalue weighted by Gasteiger charge is 2.14. The first-order valence-electron chi connectivity index (χ1n) is 8.19. The first-order valence-corrected chi connectivity index (χ1v) is 8.19. The third kappa shape index (κ3) is 3.53. The quantitative estimate of drug-likeness (QED) is 0.657. The predicted octanol–water partition coefficient (Wildman–Crippen LogP) is 4.29. The van der Waals surface area contributed by atoms with Crippen LogP contribution in [0.3, 0.4) is 0 Å². The van der Waals surface area contributed by atoms with Crippen LogP contribution in [0.5, 0.6) is 0 Å². The summed E-state index contributed by atoms with van der Waals surface area (Å²) in [4.78, 5) is 17.3. The Morgan fingerprint density at radius 1 is 1.00 bits per heavy atom. The van der Waals surface area contributed by atoms with Crippen LogP contribution in [0.25, 0.3) is 11.8 Å². The van der Waals surface area contributed by atoms with Gasteiger partial charge in [-0.15, -0.1) is 0 Å². The van der Waals surface area contributed by atoms with E-state index in [2.05, 4.69) is 4.99 Å². The summed E-state index contributed by atoms with van der Waals surface area (Å²) in [6.07, 6.45) is 3.78. The largest absolute Gasteiger partial charge is 0.297 e. The Balaban J connectivity index is 1.96. The molecule has 0 saturated heterocycles. The molecule has 0 radical (unpaired) electrons. The number of nitrogens with zero attached hydrogens (tertiary/aromatic N) is 3. The molecule has 4 heteroatoms. The van der Waals surface area contributed by atoms with Crippen molar-refractivity contribution in [2.45, 2.75) is 13.8 Å². The highest BCUT2D eigenvalue weighted by atomic mass is 16.1. The van der Waals surface area contributed by atoms with Crippen molar-refractivity contribution in [3.8, 4) is 5.69 Å². The fraction of sp³-hybridized carbons (Fsp3) is 0.143. The SMILES string of the molecule is C/C(C=Nc1c(C)n(C)n(-c2ccccc2)c1=O)=C\c1ccccc1. The molecule has 0 aliphatic heterocycles. The number of hydrogen-bond acceptors (Lipinski definition) is 2. The normalized spacial score (nSPS) is 12.0. The van der Waals surface area contributed by atoms with E-state index in [1.807, 2.05) is 92.3 Å². The van der Waals surface area contributed by atoms with E-state index < -0.39 is 0 Å². The Kier molecular flexibility index (Phi) is 4.80. The lowest BCUT2D eigenvalue weighted by Gasteiger charge is -2.07. The Morgan fingerprint density at radius 3 is 2.24 bits per heavy atom. The highest BCUT2D eigenvalue weighted by molar-refractivity contribution is 5.86. The molecule has 126 valence electrons. The minimum atomic E-state index is -0.116. The second-order valence-electron chi connectivity index (χ2n) is 5.97. The Hall–Kier alpha value is -3.14. The van der Waals surface area contributed by atoms with Crippen LogP contribution < -0.4 is 5.56 Å². The molecule has 0 amide bonds. The average Bonchev–Trinajstić information content (AvgIpc) is 2.84. The molecule has 0 unspecified atom stereocenters. The van der Waals surface area contributed by atoms with Gasteiger partial charge < -0.3 is 0 Å². The van der Waals surface area contributed by atoms with Crippen molar-refractivity contribution in [3.63, 3.8) is 0 Å². The maximum Gasteiger partial charge on any atom is 0.297 e. The second kappa shape index (κ2) is 7.18. The summed E-state index contributed by atoms with van der Waals surface area (Å²) in [7, 11) is 1.87. The molecule has 0 saturated carbocycles. The molecule has 0 aliphatic rings. The van der Waals surface area contributed by atoms with Gasteiger partial charge in [0, 0.05) is 13.3 Å². The number of allylic oxidation sites excluding steroid dienone is 1. The minimum absolute atomic E-state index is 0.116. The Bertz CT molecular complexity index is 977. The summed E-state index contributed by atoms with van der Waals surface area (Å²) in [5.74, 6) is 0. The van der Waals surface area contributed by atoms with Gasteiger partial charge in [0.2, 0.25) is 0 Å². The molecule has 4 nitrogen and oxygen atoms in total. The maximum absolute atomic E-state index is 12.8. The van der Waals surface area contributed by atoms with Crippen molar-refractivity contribution < 1.29 is 0 Å². The van der Waals surface area contributed by atoms with E-state index in [1.54, 1.807) is 10.9 Å². The van der Waals surface area contributed by atoms with E-state index in [0.29, 0.717) is 5.69 Å². The van der Waals surface area contributed by atoms with Crippen molar-refractivity contribution in [3.05, 3.63) is 87.8 Å². The van der Waals surface area contributed by atoms with Gasteiger partial charge >= 0.3 is 0 Å². The van der Waals surface area contributed by atoms with Gasteiger partial charge in [0.1, 0.15) is 0 Å². The fourth-order valence-electron chi connectivity index (χ4n) is 2.72.